The minimum absolute atomic E-state index is 0.0213. The van der Waals surface area contributed by atoms with Crippen molar-refractivity contribution in [2.75, 3.05) is 19.7 Å². The van der Waals surface area contributed by atoms with E-state index in [1.165, 1.54) is 12.1 Å². The van der Waals surface area contributed by atoms with E-state index >= 15 is 0 Å². The molecule has 1 aliphatic heterocycles. The van der Waals surface area contributed by atoms with Gasteiger partial charge in [0.15, 0.2) is 6.61 Å². The van der Waals surface area contributed by atoms with Crippen molar-refractivity contribution in [2.24, 2.45) is 5.92 Å². The molecular formula is C18H21FN2O3. The molecule has 0 bridgehead atoms. The number of hydrogen-bond acceptors (Lipinski definition) is 3. The maximum Gasteiger partial charge on any atom is 0.260 e. The summed E-state index contributed by atoms with van der Waals surface area (Å²) in [5.74, 6) is 0.0642. The van der Waals surface area contributed by atoms with Gasteiger partial charge in [-0.05, 0) is 37.5 Å². The summed E-state index contributed by atoms with van der Waals surface area (Å²) in [6, 6.07) is 4.24. The average Bonchev–Trinajstić information content (AvgIpc) is 2.75. The third-order valence-corrected chi connectivity index (χ3v) is 4.41. The van der Waals surface area contributed by atoms with E-state index in [1.807, 2.05) is 6.08 Å². The molecule has 0 saturated heterocycles. The number of nitrogens with one attached hydrogen (secondary N) is 1. The molecule has 1 atom stereocenters. The van der Waals surface area contributed by atoms with Crippen LogP contribution < -0.4 is 10.1 Å². The zero-order valence-electron chi connectivity index (χ0n) is 13.5. The van der Waals surface area contributed by atoms with Crippen molar-refractivity contribution in [1.82, 2.24) is 10.2 Å². The van der Waals surface area contributed by atoms with E-state index < -0.39 is 0 Å². The molecule has 2 aliphatic rings. The maximum atomic E-state index is 13.4. The fourth-order valence-electron chi connectivity index (χ4n) is 3.03. The Hall–Kier alpha value is -2.37. The van der Waals surface area contributed by atoms with Crippen LogP contribution in [0.1, 0.15) is 24.8 Å². The minimum atomic E-state index is -0.356. The summed E-state index contributed by atoms with van der Waals surface area (Å²) in [5, 5.41) is 2.89. The monoisotopic (exact) mass is 332 g/mol. The number of halogens is 1. The highest BCUT2D eigenvalue weighted by atomic mass is 19.1. The van der Waals surface area contributed by atoms with Crippen molar-refractivity contribution < 1.29 is 18.7 Å². The number of carbonyl (C=O) groups is 2. The van der Waals surface area contributed by atoms with Crippen molar-refractivity contribution in [3.63, 3.8) is 0 Å². The molecule has 1 N–H and O–H groups in total. The highest BCUT2D eigenvalue weighted by molar-refractivity contribution is 5.80. The summed E-state index contributed by atoms with van der Waals surface area (Å²) in [7, 11) is 0. The highest BCUT2D eigenvalue weighted by Crippen LogP contribution is 2.24. The Morgan fingerprint density at radius 3 is 3.04 bits per heavy atom. The number of hydrogen-bond donors (Lipinski definition) is 1. The highest BCUT2D eigenvalue weighted by Gasteiger charge is 2.23. The number of nitrogens with zero attached hydrogens (tertiary/aromatic N) is 1. The van der Waals surface area contributed by atoms with Gasteiger partial charge in [-0.15, -0.1) is 0 Å². The van der Waals surface area contributed by atoms with Gasteiger partial charge in [0.05, 0.1) is 0 Å². The topological polar surface area (TPSA) is 58.6 Å². The Kier molecular flexibility index (Phi) is 5.13. The molecule has 0 radical (unpaired) electrons. The van der Waals surface area contributed by atoms with Gasteiger partial charge in [-0.3, -0.25) is 9.59 Å². The lowest BCUT2D eigenvalue weighted by atomic mass is 9.94. The molecule has 0 fully saturated rings. The molecule has 5 nitrogen and oxygen atoms in total. The molecule has 24 heavy (non-hydrogen) atoms. The summed E-state index contributed by atoms with van der Waals surface area (Å²) in [5.41, 5.74) is 0.643. The second-order valence-electron chi connectivity index (χ2n) is 6.13. The molecule has 0 aromatic heterocycles. The number of carbonyl (C=O) groups excluding carboxylic acids is 2. The summed E-state index contributed by atoms with van der Waals surface area (Å²) in [6.07, 6.45) is 6.70. The van der Waals surface area contributed by atoms with Crippen LogP contribution in [0.25, 0.3) is 0 Å². The molecule has 1 aromatic carbocycles. The molecular weight excluding hydrogens is 311 g/mol. The third-order valence-electron chi connectivity index (χ3n) is 4.41. The van der Waals surface area contributed by atoms with Gasteiger partial charge in [0.25, 0.3) is 5.91 Å². The van der Waals surface area contributed by atoms with Crippen LogP contribution in [0.5, 0.6) is 5.75 Å². The minimum Gasteiger partial charge on any atom is -0.483 e. The average molecular weight is 332 g/mol. The van der Waals surface area contributed by atoms with Gasteiger partial charge in [-0.25, -0.2) is 4.39 Å². The molecule has 128 valence electrons. The van der Waals surface area contributed by atoms with Gasteiger partial charge in [0.1, 0.15) is 11.6 Å². The number of fused-ring (bicyclic) bond motifs is 1. The lowest BCUT2D eigenvalue weighted by Crippen LogP contribution is -2.40. The van der Waals surface area contributed by atoms with Crippen LogP contribution in [-0.4, -0.2) is 36.4 Å². The van der Waals surface area contributed by atoms with Crippen LogP contribution in [0, 0.1) is 11.7 Å². The van der Waals surface area contributed by atoms with Crippen LogP contribution in [0.3, 0.4) is 0 Å². The van der Waals surface area contributed by atoms with Crippen LogP contribution >= 0.6 is 0 Å². The van der Waals surface area contributed by atoms with E-state index in [2.05, 4.69) is 11.4 Å². The number of ether oxygens (including phenoxy) is 1. The first kappa shape index (κ1) is 16.5. The van der Waals surface area contributed by atoms with Gasteiger partial charge < -0.3 is 15.0 Å². The number of rotatable bonds is 4. The SMILES string of the molecule is O=C(NCCN1Cc2cc(F)ccc2OCC1=O)C1CC=CCC1. The number of allylic oxidation sites excluding steroid dienone is 2. The Bertz CT molecular complexity index is 660. The summed E-state index contributed by atoms with van der Waals surface area (Å²) >= 11 is 0. The molecule has 0 saturated carbocycles. The standard InChI is InChI=1S/C18H21FN2O3/c19-15-6-7-16-14(10-15)11-21(17(22)12-24-16)9-8-20-18(23)13-4-2-1-3-5-13/h1-2,6-7,10,13H,3-5,8-9,11-12H2,(H,20,23). The molecule has 1 unspecified atom stereocenters. The number of amides is 2. The smallest absolute Gasteiger partial charge is 0.260 e. The van der Waals surface area contributed by atoms with Gasteiger partial charge in [-0.1, -0.05) is 12.2 Å². The van der Waals surface area contributed by atoms with Crippen molar-refractivity contribution >= 4 is 11.8 Å². The van der Waals surface area contributed by atoms with E-state index in [-0.39, 0.29) is 36.7 Å². The lowest BCUT2D eigenvalue weighted by molar-refractivity contribution is -0.133. The molecule has 0 spiro atoms. The molecule has 1 aliphatic carbocycles. The van der Waals surface area contributed by atoms with E-state index in [0.29, 0.717) is 24.4 Å². The Balaban J connectivity index is 1.55. The second kappa shape index (κ2) is 7.47. The van der Waals surface area contributed by atoms with E-state index in [9.17, 15) is 14.0 Å². The number of benzene rings is 1. The normalized spacial score (nSPS) is 20.1. The molecule has 3 rings (SSSR count). The first-order chi connectivity index (χ1) is 11.6. The van der Waals surface area contributed by atoms with Crippen LogP contribution in [0.4, 0.5) is 4.39 Å². The maximum absolute atomic E-state index is 13.4. The molecule has 1 aromatic rings. The Morgan fingerprint density at radius 2 is 2.25 bits per heavy atom. The van der Waals surface area contributed by atoms with Gasteiger partial charge in [-0.2, -0.15) is 0 Å². The largest absolute Gasteiger partial charge is 0.483 e. The molecule has 2 amide bonds. The lowest BCUT2D eigenvalue weighted by Gasteiger charge is -2.22. The van der Waals surface area contributed by atoms with Crippen LogP contribution in [0.15, 0.2) is 30.4 Å². The van der Waals surface area contributed by atoms with Crippen molar-refractivity contribution in [3.8, 4) is 5.75 Å². The third kappa shape index (κ3) is 3.93. The second-order valence-corrected chi connectivity index (χ2v) is 6.13. The van der Waals surface area contributed by atoms with Crippen molar-refractivity contribution in [3.05, 3.63) is 41.7 Å². The first-order valence-corrected chi connectivity index (χ1v) is 8.25. The Labute approximate surface area is 140 Å². The van der Waals surface area contributed by atoms with Crippen molar-refractivity contribution in [1.29, 1.82) is 0 Å². The fraction of sp³-hybridized carbons (Fsp3) is 0.444. The van der Waals surface area contributed by atoms with Crippen molar-refractivity contribution in [2.45, 2.75) is 25.8 Å². The van der Waals surface area contributed by atoms with Gasteiger partial charge >= 0.3 is 0 Å². The zero-order valence-corrected chi connectivity index (χ0v) is 13.5. The predicted octanol–water partition coefficient (Wildman–Crippen LogP) is 2.02. The van der Waals surface area contributed by atoms with E-state index in [0.717, 1.165) is 19.3 Å². The zero-order chi connectivity index (χ0) is 16.9. The predicted molar refractivity (Wildman–Crippen MR) is 86.8 cm³/mol. The molecule has 6 heteroatoms. The quantitative estimate of drug-likeness (QED) is 0.858. The van der Waals surface area contributed by atoms with Gasteiger partial charge in [0.2, 0.25) is 5.91 Å². The summed E-state index contributed by atoms with van der Waals surface area (Å²) < 4.78 is 18.8. The fourth-order valence-corrected chi connectivity index (χ4v) is 3.03. The Morgan fingerprint density at radius 1 is 1.38 bits per heavy atom. The van der Waals surface area contributed by atoms with Crippen LogP contribution in [0.2, 0.25) is 0 Å². The van der Waals surface area contributed by atoms with E-state index in [4.69, 9.17) is 4.74 Å². The summed E-state index contributed by atoms with van der Waals surface area (Å²) in [4.78, 5) is 25.8. The van der Waals surface area contributed by atoms with Crippen LogP contribution in [-0.2, 0) is 16.1 Å². The molecule has 1 heterocycles. The van der Waals surface area contributed by atoms with E-state index in [1.54, 1.807) is 11.0 Å². The first-order valence-electron chi connectivity index (χ1n) is 8.25. The van der Waals surface area contributed by atoms with Gasteiger partial charge in [0, 0.05) is 31.1 Å². The summed E-state index contributed by atoms with van der Waals surface area (Å²) in [6.45, 7) is 0.982.